The normalized spacial score (nSPS) is 10.4. The Morgan fingerprint density at radius 3 is 2.30 bits per heavy atom. The molecule has 0 fully saturated rings. The van der Waals surface area contributed by atoms with Crippen LogP contribution in [0, 0.1) is 0 Å². The van der Waals surface area contributed by atoms with Gasteiger partial charge in [-0.2, -0.15) is 0 Å². The van der Waals surface area contributed by atoms with E-state index >= 15 is 0 Å². The fraction of sp³-hybridized carbons (Fsp3) is 0.348. The van der Waals surface area contributed by atoms with E-state index in [1.165, 1.54) is 0 Å². The van der Waals surface area contributed by atoms with Gasteiger partial charge in [0.05, 0.1) is 6.54 Å². The van der Waals surface area contributed by atoms with Gasteiger partial charge in [-0.25, -0.2) is 0 Å². The molecular weight excluding hydrogens is 380 g/mol. The Balaban J connectivity index is 1.84. The summed E-state index contributed by atoms with van der Waals surface area (Å²) in [7, 11) is 3.49. The molecule has 0 aromatic heterocycles. The maximum absolute atomic E-state index is 12.2. The van der Waals surface area contributed by atoms with Gasteiger partial charge in [-0.1, -0.05) is 12.1 Å². The van der Waals surface area contributed by atoms with Crippen molar-refractivity contribution in [1.29, 1.82) is 0 Å². The molecule has 0 aliphatic carbocycles. The van der Waals surface area contributed by atoms with Crippen molar-refractivity contribution in [3.05, 3.63) is 59.7 Å². The first kappa shape index (κ1) is 22.9. The van der Waals surface area contributed by atoms with E-state index in [2.05, 4.69) is 16.0 Å². The van der Waals surface area contributed by atoms with E-state index in [1.54, 1.807) is 43.3 Å². The van der Waals surface area contributed by atoms with Crippen LogP contribution in [-0.4, -0.2) is 49.3 Å². The average molecular weight is 411 g/mol. The van der Waals surface area contributed by atoms with E-state index in [-0.39, 0.29) is 30.3 Å². The summed E-state index contributed by atoms with van der Waals surface area (Å²) in [5, 5.41) is 8.72. The van der Waals surface area contributed by atoms with Crippen LogP contribution in [0.25, 0.3) is 0 Å². The van der Waals surface area contributed by atoms with Gasteiger partial charge < -0.3 is 20.9 Å². The van der Waals surface area contributed by atoms with Crippen LogP contribution in [0.5, 0.6) is 0 Å². The van der Waals surface area contributed by atoms with Gasteiger partial charge in [0.1, 0.15) is 0 Å². The number of carbonyl (C=O) groups is 3. The molecule has 0 bridgehead atoms. The molecule has 0 heterocycles. The molecule has 0 atom stereocenters. The Labute approximate surface area is 177 Å². The van der Waals surface area contributed by atoms with Crippen LogP contribution in [0.1, 0.15) is 36.2 Å². The molecule has 0 aliphatic rings. The van der Waals surface area contributed by atoms with Crippen molar-refractivity contribution in [2.75, 3.05) is 31.3 Å². The summed E-state index contributed by atoms with van der Waals surface area (Å²) in [5.74, 6) is -0.250. The van der Waals surface area contributed by atoms with Crippen LogP contribution in [0.3, 0.4) is 0 Å². The molecule has 2 rings (SSSR count). The van der Waals surface area contributed by atoms with E-state index < -0.39 is 0 Å². The standard InChI is InChI=1S/C23H30N4O3/c1-16(2)25-23(30)18-9-11-19(12-10-18)26-21(28)15-24-20-7-5-6-17(14-20)8-13-22(29)27(3)4/h5-7,9-12,14,16,24H,8,13,15H2,1-4H3,(H,25,30)(H,26,28). The number of hydrogen-bond acceptors (Lipinski definition) is 4. The molecule has 0 saturated carbocycles. The van der Waals surface area contributed by atoms with Crippen LogP contribution in [0.15, 0.2) is 48.5 Å². The number of benzene rings is 2. The molecule has 7 heteroatoms. The first-order valence-corrected chi connectivity index (χ1v) is 9.98. The molecule has 0 aliphatic heterocycles. The minimum atomic E-state index is -0.192. The number of amides is 3. The maximum atomic E-state index is 12.2. The van der Waals surface area contributed by atoms with Gasteiger partial charge in [0.2, 0.25) is 11.8 Å². The first-order chi connectivity index (χ1) is 14.2. The van der Waals surface area contributed by atoms with Crippen LogP contribution in [0.2, 0.25) is 0 Å². The van der Waals surface area contributed by atoms with Crippen molar-refractivity contribution >= 4 is 29.1 Å². The number of nitrogens with zero attached hydrogens (tertiary/aromatic N) is 1. The van der Waals surface area contributed by atoms with E-state index in [0.29, 0.717) is 24.1 Å². The maximum Gasteiger partial charge on any atom is 0.251 e. The molecule has 0 spiro atoms. The molecule has 160 valence electrons. The molecule has 30 heavy (non-hydrogen) atoms. The van der Waals surface area contributed by atoms with E-state index in [9.17, 15) is 14.4 Å². The highest BCUT2D eigenvalue weighted by Gasteiger charge is 2.08. The zero-order valence-corrected chi connectivity index (χ0v) is 18.0. The number of carbonyl (C=O) groups excluding carboxylic acids is 3. The molecule has 2 aromatic carbocycles. The number of anilines is 2. The second kappa shape index (κ2) is 11.0. The lowest BCUT2D eigenvalue weighted by molar-refractivity contribution is -0.128. The zero-order valence-electron chi connectivity index (χ0n) is 18.0. The molecular formula is C23H30N4O3. The fourth-order valence-electron chi connectivity index (χ4n) is 2.75. The van der Waals surface area contributed by atoms with Crippen molar-refractivity contribution in [3.8, 4) is 0 Å². The minimum Gasteiger partial charge on any atom is -0.376 e. The Morgan fingerprint density at radius 1 is 0.967 bits per heavy atom. The number of aryl methyl sites for hydroxylation is 1. The Morgan fingerprint density at radius 2 is 1.67 bits per heavy atom. The van der Waals surface area contributed by atoms with Crippen molar-refractivity contribution in [2.24, 2.45) is 0 Å². The summed E-state index contributed by atoms with van der Waals surface area (Å²) in [5.41, 5.74) is 3.02. The highest BCUT2D eigenvalue weighted by atomic mass is 16.2. The van der Waals surface area contributed by atoms with Crippen molar-refractivity contribution in [3.63, 3.8) is 0 Å². The Kier molecular flexibility index (Phi) is 8.41. The third kappa shape index (κ3) is 7.58. The van der Waals surface area contributed by atoms with Gasteiger partial charge >= 0.3 is 0 Å². The topological polar surface area (TPSA) is 90.5 Å². The largest absolute Gasteiger partial charge is 0.376 e. The quantitative estimate of drug-likeness (QED) is 0.593. The summed E-state index contributed by atoms with van der Waals surface area (Å²) in [4.78, 5) is 37.5. The highest BCUT2D eigenvalue weighted by molar-refractivity contribution is 5.96. The molecule has 2 aromatic rings. The zero-order chi connectivity index (χ0) is 22.1. The van der Waals surface area contributed by atoms with Gasteiger partial charge in [-0.3, -0.25) is 14.4 Å². The summed E-state index contributed by atoms with van der Waals surface area (Å²) < 4.78 is 0. The number of hydrogen-bond donors (Lipinski definition) is 3. The van der Waals surface area contributed by atoms with E-state index in [1.807, 2.05) is 38.1 Å². The fourth-order valence-corrected chi connectivity index (χ4v) is 2.75. The lowest BCUT2D eigenvalue weighted by Crippen LogP contribution is -2.30. The third-order valence-corrected chi connectivity index (χ3v) is 4.36. The molecule has 3 amide bonds. The smallest absolute Gasteiger partial charge is 0.251 e. The van der Waals surface area contributed by atoms with Gasteiger partial charge in [0.15, 0.2) is 0 Å². The monoisotopic (exact) mass is 410 g/mol. The first-order valence-electron chi connectivity index (χ1n) is 9.98. The summed E-state index contributed by atoms with van der Waals surface area (Å²) in [6, 6.07) is 14.5. The predicted octanol–water partition coefficient (Wildman–Crippen LogP) is 2.90. The van der Waals surface area contributed by atoms with Gasteiger partial charge in [-0.05, 0) is 62.2 Å². The van der Waals surface area contributed by atoms with Crippen LogP contribution < -0.4 is 16.0 Å². The second-order valence-corrected chi connectivity index (χ2v) is 7.60. The van der Waals surface area contributed by atoms with E-state index in [4.69, 9.17) is 0 Å². The Hall–Kier alpha value is -3.35. The molecule has 0 saturated heterocycles. The number of rotatable bonds is 9. The van der Waals surface area contributed by atoms with E-state index in [0.717, 1.165) is 11.3 Å². The van der Waals surface area contributed by atoms with Crippen molar-refractivity contribution in [2.45, 2.75) is 32.7 Å². The van der Waals surface area contributed by atoms with Crippen LogP contribution in [0.4, 0.5) is 11.4 Å². The molecule has 3 N–H and O–H groups in total. The summed E-state index contributed by atoms with van der Waals surface area (Å²) in [6.45, 7) is 3.91. The molecule has 0 radical (unpaired) electrons. The highest BCUT2D eigenvalue weighted by Crippen LogP contribution is 2.13. The summed E-state index contributed by atoms with van der Waals surface area (Å²) in [6.07, 6.45) is 1.09. The Bertz CT molecular complexity index is 876. The average Bonchev–Trinajstić information content (AvgIpc) is 2.70. The SMILES string of the molecule is CC(C)NC(=O)c1ccc(NC(=O)CNc2cccc(CCC(=O)N(C)C)c2)cc1. The van der Waals surface area contributed by atoms with Gasteiger partial charge in [0.25, 0.3) is 5.91 Å². The second-order valence-electron chi connectivity index (χ2n) is 7.60. The summed E-state index contributed by atoms with van der Waals surface area (Å²) >= 11 is 0. The predicted molar refractivity (Wildman–Crippen MR) is 120 cm³/mol. The van der Waals surface area contributed by atoms with Gasteiger partial charge in [0, 0.05) is 43.5 Å². The third-order valence-electron chi connectivity index (χ3n) is 4.36. The van der Waals surface area contributed by atoms with Crippen LogP contribution >= 0.6 is 0 Å². The van der Waals surface area contributed by atoms with Gasteiger partial charge in [-0.15, -0.1) is 0 Å². The van der Waals surface area contributed by atoms with Crippen molar-refractivity contribution < 1.29 is 14.4 Å². The lowest BCUT2D eigenvalue weighted by Gasteiger charge is -2.12. The number of nitrogens with one attached hydrogen (secondary N) is 3. The lowest BCUT2D eigenvalue weighted by atomic mass is 10.1. The van der Waals surface area contributed by atoms with Crippen LogP contribution in [-0.2, 0) is 16.0 Å². The molecule has 7 nitrogen and oxygen atoms in total. The minimum absolute atomic E-state index is 0.0647. The molecule has 0 unspecified atom stereocenters. The van der Waals surface area contributed by atoms with Crippen molar-refractivity contribution in [1.82, 2.24) is 10.2 Å².